The first-order valence-corrected chi connectivity index (χ1v) is 4.86. The fourth-order valence-electron chi connectivity index (χ4n) is 1.20. The molecule has 0 saturated carbocycles. The third kappa shape index (κ3) is 3.67. The van der Waals surface area contributed by atoms with Gasteiger partial charge in [0.2, 0.25) is 5.91 Å². The van der Waals surface area contributed by atoms with Crippen LogP contribution in [0, 0.1) is 0 Å². The van der Waals surface area contributed by atoms with Crippen LogP contribution in [0.3, 0.4) is 0 Å². The number of ketones is 1. The number of aromatic nitrogens is 1. The lowest BCUT2D eigenvalue weighted by atomic mass is 10.2. The predicted molar refractivity (Wildman–Crippen MR) is 59.5 cm³/mol. The highest BCUT2D eigenvalue weighted by molar-refractivity contribution is 6.06. The van der Waals surface area contributed by atoms with Gasteiger partial charge in [-0.25, -0.2) is 4.79 Å². The number of carbonyl (C=O) groups is 3. The summed E-state index contributed by atoms with van der Waals surface area (Å²) in [5.74, 6) is -1.33. The Bertz CT molecular complexity index is 457. The topological polar surface area (TPSA) is 85.4 Å². The molecule has 0 aromatic carbocycles. The number of methoxy groups -OCH3 is 1. The highest BCUT2D eigenvalue weighted by Crippen LogP contribution is 2.14. The minimum atomic E-state index is -0.578. The molecule has 1 N–H and O–H groups in total. The van der Waals surface area contributed by atoms with Crippen LogP contribution in [0.15, 0.2) is 18.5 Å². The summed E-state index contributed by atoms with van der Waals surface area (Å²) in [6.07, 6.45) is 2.49. The number of rotatable bonds is 4. The molecule has 0 radical (unpaired) electrons. The van der Waals surface area contributed by atoms with Crippen molar-refractivity contribution in [1.29, 1.82) is 0 Å². The summed E-state index contributed by atoms with van der Waals surface area (Å²) in [5.41, 5.74) is 0.421. The van der Waals surface area contributed by atoms with Crippen LogP contribution < -0.4 is 5.32 Å². The molecular weight excluding hydrogens is 224 g/mol. The molecule has 6 nitrogen and oxygen atoms in total. The van der Waals surface area contributed by atoms with Crippen molar-refractivity contribution >= 4 is 23.3 Å². The molecule has 0 spiro atoms. The third-order valence-corrected chi connectivity index (χ3v) is 1.91. The molecule has 1 aromatic rings. The second-order valence-electron chi connectivity index (χ2n) is 3.34. The fraction of sp³-hybridized carbons (Fsp3) is 0.273. The molecule has 0 aliphatic heterocycles. The van der Waals surface area contributed by atoms with Gasteiger partial charge in [-0.1, -0.05) is 0 Å². The molecule has 0 aliphatic rings. The van der Waals surface area contributed by atoms with Gasteiger partial charge < -0.3 is 10.1 Å². The van der Waals surface area contributed by atoms with Gasteiger partial charge >= 0.3 is 5.97 Å². The normalized spacial score (nSPS) is 9.53. The first-order chi connectivity index (χ1) is 8.04. The molecule has 1 aromatic heterocycles. The van der Waals surface area contributed by atoms with Gasteiger partial charge in [-0.05, 0) is 13.0 Å². The maximum absolute atomic E-state index is 11.4. The van der Waals surface area contributed by atoms with Crippen molar-refractivity contribution in [2.75, 3.05) is 12.4 Å². The SMILES string of the molecule is COC(=O)c1ccncc1NC(=O)CC(C)=O. The van der Waals surface area contributed by atoms with E-state index in [1.165, 1.54) is 32.5 Å². The fourth-order valence-corrected chi connectivity index (χ4v) is 1.20. The number of nitrogens with one attached hydrogen (secondary N) is 1. The molecule has 90 valence electrons. The lowest BCUT2D eigenvalue weighted by molar-refractivity contribution is -0.124. The number of hydrogen-bond donors (Lipinski definition) is 1. The lowest BCUT2D eigenvalue weighted by Gasteiger charge is -2.07. The van der Waals surface area contributed by atoms with Crippen LogP contribution in [0.2, 0.25) is 0 Å². The predicted octanol–water partition coefficient (Wildman–Crippen LogP) is 0.786. The van der Waals surface area contributed by atoms with Crippen molar-refractivity contribution in [1.82, 2.24) is 4.98 Å². The first-order valence-electron chi connectivity index (χ1n) is 4.86. The molecule has 17 heavy (non-hydrogen) atoms. The van der Waals surface area contributed by atoms with E-state index in [1.54, 1.807) is 0 Å². The number of amides is 1. The van der Waals surface area contributed by atoms with Crippen molar-refractivity contribution in [3.8, 4) is 0 Å². The second kappa shape index (κ2) is 5.74. The Morgan fingerprint density at radius 3 is 2.71 bits per heavy atom. The van der Waals surface area contributed by atoms with Crippen molar-refractivity contribution in [2.45, 2.75) is 13.3 Å². The zero-order valence-electron chi connectivity index (χ0n) is 9.52. The summed E-state index contributed by atoms with van der Waals surface area (Å²) in [5, 5.41) is 2.43. The third-order valence-electron chi connectivity index (χ3n) is 1.91. The number of hydrogen-bond acceptors (Lipinski definition) is 5. The van der Waals surface area contributed by atoms with E-state index < -0.39 is 11.9 Å². The molecule has 0 atom stereocenters. The molecule has 0 saturated heterocycles. The van der Waals surface area contributed by atoms with Gasteiger partial charge in [-0.3, -0.25) is 14.6 Å². The smallest absolute Gasteiger partial charge is 0.340 e. The van der Waals surface area contributed by atoms with E-state index in [4.69, 9.17) is 0 Å². The van der Waals surface area contributed by atoms with Gasteiger partial charge in [0, 0.05) is 6.20 Å². The average Bonchev–Trinajstić information content (AvgIpc) is 2.27. The summed E-state index contributed by atoms with van der Waals surface area (Å²) >= 11 is 0. The monoisotopic (exact) mass is 236 g/mol. The first kappa shape index (κ1) is 12.8. The molecule has 6 heteroatoms. The molecule has 1 heterocycles. The molecular formula is C11H12N2O4. The Morgan fingerprint density at radius 2 is 2.12 bits per heavy atom. The Hall–Kier alpha value is -2.24. The van der Waals surface area contributed by atoms with E-state index in [9.17, 15) is 14.4 Å². The van der Waals surface area contributed by atoms with Crippen molar-refractivity contribution in [3.63, 3.8) is 0 Å². The number of esters is 1. The minimum Gasteiger partial charge on any atom is -0.465 e. The number of anilines is 1. The highest BCUT2D eigenvalue weighted by Gasteiger charge is 2.14. The van der Waals surface area contributed by atoms with Crippen LogP contribution in [-0.4, -0.2) is 29.8 Å². The Labute approximate surface area is 98.0 Å². The zero-order chi connectivity index (χ0) is 12.8. The summed E-state index contributed by atoms with van der Waals surface area (Å²) in [7, 11) is 1.24. The van der Waals surface area contributed by atoms with E-state index in [2.05, 4.69) is 15.0 Å². The number of Topliss-reactive ketones (excluding diaryl/α,β-unsaturated/α-hetero) is 1. The number of ether oxygens (including phenoxy) is 1. The Balaban J connectivity index is 2.87. The van der Waals surface area contributed by atoms with Crippen LogP contribution in [0.1, 0.15) is 23.7 Å². The van der Waals surface area contributed by atoms with Crippen molar-refractivity contribution in [2.24, 2.45) is 0 Å². The number of pyridine rings is 1. The molecule has 0 aliphatic carbocycles. The van der Waals surface area contributed by atoms with Crippen LogP contribution >= 0.6 is 0 Å². The zero-order valence-corrected chi connectivity index (χ0v) is 9.52. The second-order valence-corrected chi connectivity index (χ2v) is 3.34. The summed E-state index contributed by atoms with van der Waals surface area (Å²) in [6.45, 7) is 1.31. The molecule has 1 amide bonds. The van der Waals surface area contributed by atoms with E-state index in [-0.39, 0.29) is 23.5 Å². The Kier molecular flexibility index (Phi) is 4.33. The quantitative estimate of drug-likeness (QED) is 0.617. The van der Waals surface area contributed by atoms with Gasteiger partial charge in [0.15, 0.2) is 0 Å². The largest absolute Gasteiger partial charge is 0.465 e. The van der Waals surface area contributed by atoms with E-state index in [0.717, 1.165) is 0 Å². The van der Waals surface area contributed by atoms with E-state index in [1.807, 2.05) is 0 Å². The van der Waals surface area contributed by atoms with Gasteiger partial charge in [0.25, 0.3) is 0 Å². The van der Waals surface area contributed by atoms with Gasteiger partial charge in [0.1, 0.15) is 5.78 Å². The minimum absolute atomic E-state index is 0.194. The average molecular weight is 236 g/mol. The van der Waals surface area contributed by atoms with E-state index in [0.29, 0.717) is 0 Å². The van der Waals surface area contributed by atoms with Crippen LogP contribution in [0.5, 0.6) is 0 Å². The number of carbonyl (C=O) groups excluding carboxylic acids is 3. The molecule has 0 fully saturated rings. The van der Waals surface area contributed by atoms with E-state index >= 15 is 0 Å². The van der Waals surface area contributed by atoms with Gasteiger partial charge in [0.05, 0.1) is 31.0 Å². The summed E-state index contributed by atoms with van der Waals surface area (Å²) in [6, 6.07) is 1.43. The van der Waals surface area contributed by atoms with Crippen molar-refractivity contribution < 1.29 is 19.1 Å². The highest BCUT2D eigenvalue weighted by atomic mass is 16.5. The van der Waals surface area contributed by atoms with Crippen LogP contribution in [-0.2, 0) is 14.3 Å². The maximum Gasteiger partial charge on any atom is 0.340 e. The summed E-state index contributed by atoms with van der Waals surface area (Å²) in [4.78, 5) is 37.3. The number of nitrogens with zero attached hydrogens (tertiary/aromatic N) is 1. The Morgan fingerprint density at radius 1 is 1.41 bits per heavy atom. The van der Waals surface area contributed by atoms with Gasteiger partial charge in [-0.15, -0.1) is 0 Å². The van der Waals surface area contributed by atoms with Crippen LogP contribution in [0.4, 0.5) is 5.69 Å². The molecule has 0 unspecified atom stereocenters. The standard InChI is InChI=1S/C11H12N2O4/c1-7(14)5-10(15)13-9-6-12-4-3-8(9)11(16)17-2/h3-4,6H,5H2,1-2H3,(H,13,15). The van der Waals surface area contributed by atoms with Crippen LogP contribution in [0.25, 0.3) is 0 Å². The lowest BCUT2D eigenvalue weighted by Crippen LogP contribution is -2.17. The maximum atomic E-state index is 11.4. The van der Waals surface area contributed by atoms with Crippen molar-refractivity contribution in [3.05, 3.63) is 24.0 Å². The van der Waals surface area contributed by atoms with Gasteiger partial charge in [-0.2, -0.15) is 0 Å². The summed E-state index contributed by atoms with van der Waals surface area (Å²) < 4.78 is 4.55. The molecule has 1 rings (SSSR count). The molecule has 0 bridgehead atoms.